The molecule has 0 aliphatic carbocycles. The third-order valence-electron chi connectivity index (χ3n) is 6.16. The number of nitrogens with two attached hydrogens (primary N) is 1. The van der Waals surface area contributed by atoms with Gasteiger partial charge in [-0.05, 0) is 55.5 Å². The van der Waals surface area contributed by atoms with E-state index in [1.165, 1.54) is 13.0 Å². The van der Waals surface area contributed by atoms with E-state index in [9.17, 15) is 8.78 Å². The van der Waals surface area contributed by atoms with Gasteiger partial charge in [-0.25, -0.2) is 8.78 Å². The number of hydrogen-bond acceptors (Lipinski definition) is 4. The Hall–Kier alpha value is -2.90. The lowest BCUT2D eigenvalue weighted by Gasteiger charge is -2.39. The number of allylic oxidation sites excluding steroid dienone is 4. The van der Waals surface area contributed by atoms with E-state index in [0.29, 0.717) is 31.2 Å². The Balaban J connectivity index is 0.00000431. The highest BCUT2D eigenvalue weighted by Gasteiger charge is 2.30. The lowest BCUT2D eigenvalue weighted by Crippen LogP contribution is -2.51. The molecule has 3 N–H and O–H groups in total. The van der Waals surface area contributed by atoms with Gasteiger partial charge in [0.05, 0.1) is 19.3 Å². The zero-order valence-electron chi connectivity index (χ0n) is 26.7. The topological polar surface area (TPSA) is 87.6 Å². The Morgan fingerprint density at radius 2 is 1.93 bits per heavy atom. The van der Waals surface area contributed by atoms with Gasteiger partial charge in [0, 0.05) is 30.1 Å². The number of anilines is 1. The van der Waals surface area contributed by atoms with Crippen LogP contribution in [0.25, 0.3) is 0 Å². The van der Waals surface area contributed by atoms with Crippen LogP contribution in [0.5, 0.6) is 0 Å². The average Bonchev–Trinajstić information content (AvgIpc) is 2.94. The number of halogens is 2. The van der Waals surface area contributed by atoms with E-state index in [0.717, 1.165) is 11.4 Å². The van der Waals surface area contributed by atoms with E-state index in [4.69, 9.17) is 10.5 Å². The van der Waals surface area contributed by atoms with Gasteiger partial charge >= 0.3 is 0 Å². The summed E-state index contributed by atoms with van der Waals surface area (Å²) in [7, 11) is 2.22. The summed E-state index contributed by atoms with van der Waals surface area (Å²) in [5.74, 6) is -0.0135. The van der Waals surface area contributed by atoms with Crippen molar-refractivity contribution in [2.45, 2.75) is 73.8 Å². The zero-order valence-corrected chi connectivity index (χ0v) is 27.9. The Bertz CT molecular complexity index is 1150. The molecule has 4 atom stereocenters. The molecule has 1 saturated heterocycles. The van der Waals surface area contributed by atoms with Crippen LogP contribution in [0.1, 0.15) is 67.9 Å². The number of nitrogens with one attached hydrogen (secondary N) is 1. The molecule has 1 aliphatic heterocycles. The van der Waals surface area contributed by atoms with Crippen molar-refractivity contribution in [2.75, 3.05) is 25.1 Å². The SMILES string of the molecule is CC.C\C=C(F)/C(=N\C(N)=N/N=C/C(C)/C=C\C(=C/C(C)C)Nc1cccc(C(C)(F)P)c1)N1CCOCC1C(C)C. The highest BCUT2D eigenvalue weighted by atomic mass is 31.0. The molecule has 1 fully saturated rings. The summed E-state index contributed by atoms with van der Waals surface area (Å²) >= 11 is 0. The molecule has 0 amide bonds. The second-order valence-electron chi connectivity index (χ2n) is 10.7. The van der Waals surface area contributed by atoms with Crippen LogP contribution in [0.2, 0.25) is 0 Å². The van der Waals surface area contributed by atoms with E-state index in [1.807, 2.05) is 50.0 Å². The molecule has 1 aromatic rings. The predicted octanol–water partition coefficient (Wildman–Crippen LogP) is 7.80. The molecule has 0 aromatic heterocycles. The quantitative estimate of drug-likeness (QED) is 0.0938. The van der Waals surface area contributed by atoms with Crippen molar-refractivity contribution in [3.05, 3.63) is 65.7 Å². The molecule has 1 heterocycles. The number of ether oxygens (including phenoxy) is 1. The lowest BCUT2D eigenvalue weighted by molar-refractivity contribution is 0.00932. The number of morpholine rings is 1. The molecule has 1 aliphatic rings. The van der Waals surface area contributed by atoms with Crippen LogP contribution < -0.4 is 11.1 Å². The van der Waals surface area contributed by atoms with E-state index in [1.54, 1.807) is 25.3 Å². The molecule has 42 heavy (non-hydrogen) atoms. The molecule has 1 aromatic carbocycles. The van der Waals surface area contributed by atoms with E-state index >= 15 is 0 Å². The maximum absolute atomic E-state index is 14.8. The minimum absolute atomic E-state index is 0.0221. The number of hydrogen-bond donors (Lipinski definition) is 2. The third kappa shape index (κ3) is 13.0. The van der Waals surface area contributed by atoms with E-state index in [-0.39, 0.29) is 29.7 Å². The van der Waals surface area contributed by atoms with Crippen LogP contribution in [0, 0.1) is 17.8 Å². The third-order valence-corrected chi connectivity index (χ3v) is 6.50. The minimum atomic E-state index is -1.51. The molecule has 0 bridgehead atoms. The highest BCUT2D eigenvalue weighted by molar-refractivity contribution is 7.18. The molecule has 2 rings (SSSR count). The second-order valence-corrected chi connectivity index (χ2v) is 11.8. The minimum Gasteiger partial charge on any atom is -0.377 e. The van der Waals surface area contributed by atoms with Gasteiger partial charge in [0.15, 0.2) is 11.7 Å². The summed E-state index contributed by atoms with van der Waals surface area (Å²) in [6.45, 7) is 18.9. The van der Waals surface area contributed by atoms with Crippen LogP contribution in [0.3, 0.4) is 0 Å². The number of amidine groups is 1. The highest BCUT2D eigenvalue weighted by Crippen LogP contribution is 2.33. The lowest BCUT2D eigenvalue weighted by atomic mass is 10.0. The molecular formula is C32H51F2N6OP. The van der Waals surface area contributed by atoms with Crippen molar-refractivity contribution in [1.82, 2.24) is 4.90 Å². The first-order valence-corrected chi connectivity index (χ1v) is 15.3. The van der Waals surface area contributed by atoms with Gasteiger partial charge in [-0.1, -0.05) is 82.0 Å². The fourth-order valence-electron chi connectivity index (χ4n) is 4.02. The standard InChI is InChI=1S/C30H45F2N6OP.C2H6/c1-8-26(31)28(38-14-15-39-19-27(38)21(4)5)36-29(33)37-34-18-22(6)12-13-25(16-20(2)3)35-24-11-9-10-23(17-24)30(7,32)40;1-2/h8-13,16-18,20-22,27,35H,14-15,19,40H2,1-7H3,(H2,33,37);1-2H3/b13-12-,25-16+,26-8+,34-18+,36-28+;. The van der Waals surface area contributed by atoms with Gasteiger partial charge in [0.2, 0.25) is 5.96 Å². The first-order valence-electron chi connectivity index (χ1n) is 14.7. The van der Waals surface area contributed by atoms with Crippen molar-refractivity contribution in [3.63, 3.8) is 0 Å². The Labute approximate surface area is 254 Å². The smallest absolute Gasteiger partial charge is 0.242 e. The number of nitrogens with zero attached hydrogens (tertiary/aromatic N) is 4. The Morgan fingerprint density at radius 1 is 1.24 bits per heavy atom. The van der Waals surface area contributed by atoms with Crippen LogP contribution in [-0.4, -0.2) is 48.7 Å². The van der Waals surface area contributed by atoms with Crippen molar-refractivity contribution < 1.29 is 13.5 Å². The number of aliphatic imine (C=N–C) groups is 1. The van der Waals surface area contributed by atoms with E-state index < -0.39 is 11.2 Å². The first-order chi connectivity index (χ1) is 19.8. The number of alkyl halides is 1. The van der Waals surface area contributed by atoms with Gasteiger partial charge in [0.1, 0.15) is 5.41 Å². The summed E-state index contributed by atoms with van der Waals surface area (Å²) in [5.41, 5.74) is 8.26. The number of guanidine groups is 1. The monoisotopic (exact) mass is 604 g/mol. The van der Waals surface area contributed by atoms with Gasteiger partial charge < -0.3 is 20.7 Å². The van der Waals surface area contributed by atoms with Crippen molar-refractivity contribution in [1.29, 1.82) is 0 Å². The summed E-state index contributed by atoms with van der Waals surface area (Å²) < 4.78 is 34.8. The van der Waals surface area contributed by atoms with Crippen LogP contribution in [-0.2, 0) is 10.1 Å². The van der Waals surface area contributed by atoms with Crippen LogP contribution >= 0.6 is 9.24 Å². The molecule has 10 heteroatoms. The summed E-state index contributed by atoms with van der Waals surface area (Å²) in [6.07, 6.45) is 8.99. The number of benzene rings is 1. The normalized spacial score (nSPS) is 19.8. The number of rotatable bonds is 10. The van der Waals surface area contributed by atoms with Crippen molar-refractivity contribution in [3.8, 4) is 0 Å². The molecule has 0 saturated carbocycles. The Kier molecular flexibility index (Phi) is 16.4. The average molecular weight is 605 g/mol. The van der Waals surface area contributed by atoms with Crippen molar-refractivity contribution in [2.24, 2.45) is 38.7 Å². The molecular weight excluding hydrogens is 553 g/mol. The van der Waals surface area contributed by atoms with Gasteiger partial charge in [0.25, 0.3) is 0 Å². The largest absolute Gasteiger partial charge is 0.377 e. The second kappa shape index (κ2) is 18.6. The fourth-order valence-corrected chi connectivity index (χ4v) is 4.20. The summed E-state index contributed by atoms with van der Waals surface area (Å²) in [4.78, 5) is 6.16. The van der Waals surface area contributed by atoms with E-state index in [2.05, 4.69) is 63.5 Å². The maximum atomic E-state index is 14.8. The summed E-state index contributed by atoms with van der Waals surface area (Å²) in [5, 5.41) is 9.92. The molecule has 0 radical (unpaired) electrons. The first kappa shape index (κ1) is 37.1. The summed E-state index contributed by atoms with van der Waals surface area (Å²) in [6, 6.07) is 7.25. The maximum Gasteiger partial charge on any atom is 0.242 e. The van der Waals surface area contributed by atoms with Gasteiger partial charge in [-0.15, -0.1) is 5.10 Å². The fraction of sp³-hybridized carbons (Fsp3) is 0.531. The molecule has 0 spiro atoms. The molecule has 4 unspecified atom stereocenters. The molecule has 234 valence electrons. The van der Waals surface area contributed by atoms with Crippen LogP contribution in [0.4, 0.5) is 14.5 Å². The van der Waals surface area contributed by atoms with Gasteiger partial charge in [-0.3, -0.25) is 0 Å². The predicted molar refractivity (Wildman–Crippen MR) is 179 cm³/mol. The Morgan fingerprint density at radius 3 is 2.52 bits per heavy atom. The van der Waals surface area contributed by atoms with Gasteiger partial charge in [-0.2, -0.15) is 10.1 Å². The molecule has 7 nitrogen and oxygen atoms in total. The van der Waals surface area contributed by atoms with Crippen molar-refractivity contribution >= 4 is 32.9 Å². The van der Waals surface area contributed by atoms with Crippen LogP contribution in [0.15, 0.2) is 75.3 Å². The zero-order chi connectivity index (χ0) is 31.9.